The standard InChI is InChI=1S/C19H22N2O3/c1-3-24-17-11-9-16(10-12-17)21-19(23)18(22)20-13-14(2)15-7-5-4-6-8-15/h4-12,14H,3,13H2,1-2H3,(H,20,22)(H,21,23)/t14-/m0/s1. The highest BCUT2D eigenvalue weighted by Gasteiger charge is 2.15. The Kier molecular flexibility index (Phi) is 6.37. The average molecular weight is 326 g/mol. The topological polar surface area (TPSA) is 67.4 Å². The maximum atomic E-state index is 11.9. The van der Waals surface area contributed by atoms with E-state index < -0.39 is 11.8 Å². The fraction of sp³-hybridized carbons (Fsp3) is 0.263. The second kappa shape index (κ2) is 8.72. The third kappa shape index (κ3) is 5.12. The van der Waals surface area contributed by atoms with Gasteiger partial charge in [-0.05, 0) is 42.7 Å². The normalized spacial score (nSPS) is 11.4. The number of carbonyl (C=O) groups excluding carboxylic acids is 2. The van der Waals surface area contributed by atoms with Crippen molar-refractivity contribution in [1.82, 2.24) is 5.32 Å². The number of benzene rings is 2. The van der Waals surface area contributed by atoms with Crippen LogP contribution in [0.3, 0.4) is 0 Å². The molecule has 5 heteroatoms. The minimum absolute atomic E-state index is 0.133. The summed E-state index contributed by atoms with van der Waals surface area (Å²) in [4.78, 5) is 23.8. The van der Waals surface area contributed by atoms with Crippen LogP contribution in [0, 0.1) is 0 Å². The van der Waals surface area contributed by atoms with Crippen molar-refractivity contribution in [2.75, 3.05) is 18.5 Å². The highest BCUT2D eigenvalue weighted by molar-refractivity contribution is 6.39. The van der Waals surface area contributed by atoms with Crippen LogP contribution in [0.25, 0.3) is 0 Å². The Hall–Kier alpha value is -2.82. The molecule has 0 bridgehead atoms. The van der Waals surface area contributed by atoms with E-state index in [9.17, 15) is 9.59 Å². The molecule has 5 nitrogen and oxygen atoms in total. The van der Waals surface area contributed by atoms with Gasteiger partial charge in [0.1, 0.15) is 5.75 Å². The van der Waals surface area contributed by atoms with Gasteiger partial charge in [-0.25, -0.2) is 0 Å². The summed E-state index contributed by atoms with van der Waals surface area (Å²) in [6.45, 7) is 4.88. The number of nitrogens with one attached hydrogen (secondary N) is 2. The zero-order valence-corrected chi connectivity index (χ0v) is 13.9. The van der Waals surface area contributed by atoms with Gasteiger partial charge in [-0.1, -0.05) is 37.3 Å². The summed E-state index contributed by atoms with van der Waals surface area (Å²) < 4.78 is 5.33. The van der Waals surface area contributed by atoms with Crippen LogP contribution in [0.15, 0.2) is 54.6 Å². The van der Waals surface area contributed by atoms with Crippen molar-refractivity contribution < 1.29 is 14.3 Å². The molecule has 1 atom stereocenters. The van der Waals surface area contributed by atoms with E-state index in [1.165, 1.54) is 0 Å². The zero-order valence-electron chi connectivity index (χ0n) is 13.9. The summed E-state index contributed by atoms with van der Waals surface area (Å²) in [5.41, 5.74) is 1.67. The van der Waals surface area contributed by atoms with Gasteiger partial charge in [0.25, 0.3) is 0 Å². The van der Waals surface area contributed by atoms with Crippen molar-refractivity contribution >= 4 is 17.5 Å². The van der Waals surface area contributed by atoms with Gasteiger partial charge < -0.3 is 15.4 Å². The molecule has 0 unspecified atom stereocenters. The summed E-state index contributed by atoms with van der Waals surface area (Å²) >= 11 is 0. The van der Waals surface area contributed by atoms with Crippen molar-refractivity contribution in [3.8, 4) is 5.75 Å². The summed E-state index contributed by atoms with van der Waals surface area (Å²) in [6.07, 6.45) is 0. The zero-order chi connectivity index (χ0) is 17.4. The molecule has 2 aromatic carbocycles. The van der Waals surface area contributed by atoms with E-state index in [2.05, 4.69) is 10.6 Å². The van der Waals surface area contributed by atoms with Gasteiger partial charge in [0.05, 0.1) is 6.61 Å². The summed E-state index contributed by atoms with van der Waals surface area (Å²) in [6, 6.07) is 16.7. The Morgan fingerprint density at radius 3 is 2.29 bits per heavy atom. The Balaban J connectivity index is 1.82. The Bertz CT molecular complexity index is 669. The lowest BCUT2D eigenvalue weighted by atomic mass is 10.0. The van der Waals surface area contributed by atoms with Crippen molar-refractivity contribution in [3.63, 3.8) is 0 Å². The molecule has 0 radical (unpaired) electrons. The highest BCUT2D eigenvalue weighted by Crippen LogP contribution is 2.16. The lowest BCUT2D eigenvalue weighted by Gasteiger charge is -2.13. The highest BCUT2D eigenvalue weighted by atomic mass is 16.5. The molecule has 0 aliphatic carbocycles. The molecular formula is C19H22N2O3. The molecule has 2 aromatic rings. The number of ether oxygens (including phenoxy) is 1. The third-order valence-corrected chi connectivity index (χ3v) is 3.57. The van der Waals surface area contributed by atoms with E-state index >= 15 is 0 Å². The van der Waals surface area contributed by atoms with Crippen LogP contribution >= 0.6 is 0 Å². The minimum atomic E-state index is -0.681. The molecule has 0 aromatic heterocycles. The third-order valence-electron chi connectivity index (χ3n) is 3.57. The number of anilines is 1. The molecule has 0 saturated heterocycles. The van der Waals surface area contributed by atoms with Crippen LogP contribution in [0.4, 0.5) is 5.69 Å². The molecule has 0 spiro atoms. The molecular weight excluding hydrogens is 304 g/mol. The molecule has 2 amide bonds. The average Bonchev–Trinajstić information content (AvgIpc) is 2.62. The summed E-state index contributed by atoms with van der Waals surface area (Å²) in [7, 11) is 0. The SMILES string of the molecule is CCOc1ccc(NC(=O)C(=O)NC[C@H](C)c2ccccc2)cc1. The van der Waals surface area contributed by atoms with Gasteiger partial charge in [0.2, 0.25) is 0 Å². The Morgan fingerprint density at radius 1 is 1.00 bits per heavy atom. The maximum absolute atomic E-state index is 11.9. The van der Waals surface area contributed by atoms with E-state index in [1.54, 1.807) is 24.3 Å². The van der Waals surface area contributed by atoms with E-state index in [0.717, 1.165) is 11.3 Å². The van der Waals surface area contributed by atoms with Gasteiger partial charge in [0, 0.05) is 12.2 Å². The van der Waals surface area contributed by atoms with Gasteiger partial charge in [-0.2, -0.15) is 0 Å². The Morgan fingerprint density at radius 2 is 1.67 bits per heavy atom. The van der Waals surface area contributed by atoms with Crippen molar-refractivity contribution in [1.29, 1.82) is 0 Å². The van der Waals surface area contributed by atoms with E-state index in [4.69, 9.17) is 4.74 Å². The molecule has 2 rings (SSSR count). The number of rotatable bonds is 6. The second-order valence-electron chi connectivity index (χ2n) is 5.43. The molecule has 2 N–H and O–H groups in total. The lowest BCUT2D eigenvalue weighted by Crippen LogP contribution is -2.37. The smallest absolute Gasteiger partial charge is 0.313 e. The maximum Gasteiger partial charge on any atom is 0.313 e. The first-order chi connectivity index (χ1) is 11.6. The molecule has 126 valence electrons. The monoisotopic (exact) mass is 326 g/mol. The predicted octanol–water partition coefficient (Wildman–Crippen LogP) is 2.94. The van der Waals surface area contributed by atoms with Gasteiger partial charge in [-0.3, -0.25) is 9.59 Å². The summed E-state index contributed by atoms with van der Waals surface area (Å²) in [5.74, 6) is -0.476. The van der Waals surface area contributed by atoms with Gasteiger partial charge >= 0.3 is 11.8 Å². The van der Waals surface area contributed by atoms with Crippen LogP contribution in [0.1, 0.15) is 25.3 Å². The van der Waals surface area contributed by atoms with Gasteiger partial charge in [0.15, 0.2) is 0 Å². The van der Waals surface area contributed by atoms with Crippen LogP contribution < -0.4 is 15.4 Å². The van der Waals surface area contributed by atoms with E-state index in [-0.39, 0.29) is 5.92 Å². The fourth-order valence-electron chi connectivity index (χ4n) is 2.21. The quantitative estimate of drug-likeness (QED) is 0.802. The lowest BCUT2D eigenvalue weighted by molar-refractivity contribution is -0.136. The number of hydrogen-bond acceptors (Lipinski definition) is 3. The summed E-state index contributed by atoms with van der Waals surface area (Å²) in [5, 5.41) is 5.22. The fourth-order valence-corrected chi connectivity index (χ4v) is 2.21. The largest absolute Gasteiger partial charge is 0.494 e. The number of amides is 2. The van der Waals surface area contributed by atoms with Crippen molar-refractivity contribution in [3.05, 3.63) is 60.2 Å². The van der Waals surface area contributed by atoms with Crippen LogP contribution in [0.5, 0.6) is 5.75 Å². The number of hydrogen-bond donors (Lipinski definition) is 2. The Labute approximate surface area is 142 Å². The van der Waals surface area contributed by atoms with Crippen molar-refractivity contribution in [2.45, 2.75) is 19.8 Å². The molecule has 0 heterocycles. The van der Waals surface area contributed by atoms with Crippen LogP contribution in [-0.2, 0) is 9.59 Å². The van der Waals surface area contributed by atoms with E-state index in [0.29, 0.717) is 18.8 Å². The minimum Gasteiger partial charge on any atom is -0.494 e. The number of carbonyl (C=O) groups is 2. The first-order valence-electron chi connectivity index (χ1n) is 7.97. The second-order valence-corrected chi connectivity index (χ2v) is 5.43. The first kappa shape index (κ1) is 17.5. The van der Waals surface area contributed by atoms with Crippen LogP contribution in [-0.4, -0.2) is 25.0 Å². The molecule has 24 heavy (non-hydrogen) atoms. The molecule has 0 aliphatic rings. The molecule has 0 fully saturated rings. The molecule has 0 aliphatic heterocycles. The van der Waals surface area contributed by atoms with Crippen LogP contribution in [0.2, 0.25) is 0 Å². The van der Waals surface area contributed by atoms with Crippen molar-refractivity contribution in [2.24, 2.45) is 0 Å². The predicted molar refractivity (Wildman–Crippen MR) is 94.1 cm³/mol. The first-order valence-corrected chi connectivity index (χ1v) is 7.97. The van der Waals surface area contributed by atoms with Gasteiger partial charge in [-0.15, -0.1) is 0 Å². The van der Waals surface area contributed by atoms with E-state index in [1.807, 2.05) is 44.2 Å². The molecule has 0 saturated carbocycles.